The lowest BCUT2D eigenvalue weighted by atomic mass is 9.97. The molecule has 0 aliphatic carbocycles. The number of pyridine rings is 2. The van der Waals surface area contributed by atoms with E-state index in [0.29, 0.717) is 32.6 Å². The second-order valence-corrected chi connectivity index (χ2v) is 7.62. The lowest BCUT2D eigenvalue weighted by Crippen LogP contribution is -2.16. The average Bonchev–Trinajstić information content (AvgIpc) is 2.68. The van der Waals surface area contributed by atoms with Crippen molar-refractivity contribution in [3.05, 3.63) is 87.5 Å². The van der Waals surface area contributed by atoms with Crippen LogP contribution in [0.15, 0.2) is 60.8 Å². The highest BCUT2D eigenvalue weighted by Gasteiger charge is 2.20. The Morgan fingerprint density at radius 3 is 2.55 bits per heavy atom. The maximum atomic E-state index is 13.2. The van der Waals surface area contributed by atoms with Gasteiger partial charge in [0.2, 0.25) is 0 Å². The maximum absolute atomic E-state index is 13.2. The lowest BCUT2D eigenvalue weighted by Gasteiger charge is -2.15. The molecule has 4 rings (SSSR count). The van der Waals surface area contributed by atoms with Gasteiger partial charge in [0.05, 0.1) is 21.8 Å². The van der Waals surface area contributed by atoms with Gasteiger partial charge >= 0.3 is 0 Å². The summed E-state index contributed by atoms with van der Waals surface area (Å²) in [6, 6.07) is 16.5. The second kappa shape index (κ2) is 7.82. The van der Waals surface area contributed by atoms with Crippen LogP contribution in [0.2, 0.25) is 10.0 Å². The molecule has 0 radical (unpaired) electrons. The van der Waals surface area contributed by atoms with Crippen molar-refractivity contribution >= 4 is 45.8 Å². The van der Waals surface area contributed by atoms with Crippen LogP contribution in [0.1, 0.15) is 21.5 Å². The Labute approximate surface area is 178 Å². The van der Waals surface area contributed by atoms with E-state index in [-0.39, 0.29) is 5.91 Å². The number of halogens is 2. The van der Waals surface area contributed by atoms with Crippen molar-refractivity contribution in [1.82, 2.24) is 9.97 Å². The van der Waals surface area contributed by atoms with Crippen molar-refractivity contribution in [2.45, 2.75) is 13.8 Å². The summed E-state index contributed by atoms with van der Waals surface area (Å²) < 4.78 is 0. The predicted octanol–water partition coefficient (Wildman–Crippen LogP) is 6.47. The van der Waals surface area contributed by atoms with Gasteiger partial charge < -0.3 is 5.32 Å². The zero-order chi connectivity index (χ0) is 20.5. The van der Waals surface area contributed by atoms with Gasteiger partial charge in [-0.2, -0.15) is 0 Å². The van der Waals surface area contributed by atoms with Crippen LogP contribution >= 0.6 is 23.2 Å². The van der Waals surface area contributed by atoms with Crippen LogP contribution in [0, 0.1) is 13.8 Å². The Kier molecular flexibility index (Phi) is 5.22. The molecule has 0 bridgehead atoms. The highest BCUT2D eigenvalue weighted by Crippen LogP contribution is 2.35. The van der Waals surface area contributed by atoms with E-state index in [1.54, 1.807) is 18.3 Å². The predicted molar refractivity (Wildman–Crippen MR) is 119 cm³/mol. The molecule has 2 aromatic carbocycles. The van der Waals surface area contributed by atoms with Gasteiger partial charge in [0, 0.05) is 22.2 Å². The summed E-state index contributed by atoms with van der Waals surface area (Å²) >= 11 is 12.5. The van der Waals surface area contributed by atoms with Crippen molar-refractivity contribution in [1.29, 1.82) is 0 Å². The van der Waals surface area contributed by atoms with Gasteiger partial charge in [-0.3, -0.25) is 4.79 Å². The maximum Gasteiger partial charge on any atom is 0.257 e. The highest BCUT2D eigenvalue weighted by molar-refractivity contribution is 6.36. The van der Waals surface area contributed by atoms with Crippen LogP contribution in [0.25, 0.3) is 22.2 Å². The first-order chi connectivity index (χ1) is 13.9. The van der Waals surface area contributed by atoms with Crippen LogP contribution in [0.5, 0.6) is 0 Å². The number of aromatic nitrogens is 2. The fourth-order valence-corrected chi connectivity index (χ4v) is 3.82. The third-order valence-corrected chi connectivity index (χ3v) is 5.25. The molecule has 0 aliphatic heterocycles. The van der Waals surface area contributed by atoms with Crippen LogP contribution in [-0.4, -0.2) is 15.9 Å². The summed E-state index contributed by atoms with van der Waals surface area (Å²) in [5.74, 6) is 0.256. The smallest absolute Gasteiger partial charge is 0.257 e. The molecular formula is C23H17Cl2N3O. The van der Waals surface area contributed by atoms with Crippen LogP contribution in [0.3, 0.4) is 0 Å². The number of carbonyl (C=O) groups is 1. The molecule has 2 aromatic heterocycles. The Morgan fingerprint density at radius 2 is 1.79 bits per heavy atom. The summed E-state index contributed by atoms with van der Waals surface area (Å²) in [6.45, 7) is 3.82. The quantitative estimate of drug-likeness (QED) is 0.412. The van der Waals surface area contributed by atoms with Gasteiger partial charge in [-0.25, -0.2) is 9.97 Å². The Hall–Kier alpha value is -2.95. The van der Waals surface area contributed by atoms with Crippen molar-refractivity contribution in [2.24, 2.45) is 0 Å². The molecule has 0 spiro atoms. The highest BCUT2D eigenvalue weighted by atomic mass is 35.5. The number of anilines is 1. The number of nitrogens with one attached hydrogen (secondary N) is 1. The first kappa shape index (κ1) is 19.4. The zero-order valence-electron chi connectivity index (χ0n) is 15.8. The minimum absolute atomic E-state index is 0.245. The molecular weight excluding hydrogens is 405 g/mol. The summed E-state index contributed by atoms with van der Waals surface area (Å²) in [7, 11) is 0. The largest absolute Gasteiger partial charge is 0.307 e. The standard InChI is InChI=1S/C23H17Cl2N3O/c1-13-9-10-26-20(11-13)28-23(29)21-14(2)22(16-8-7-15(24)12-18(16)25)27-19-6-4-3-5-17(19)21/h3-12H,1-2H3,(H,26,28,29). The number of hydrogen-bond acceptors (Lipinski definition) is 3. The number of fused-ring (bicyclic) bond motifs is 1. The van der Waals surface area contributed by atoms with Gasteiger partial charge in [-0.05, 0) is 61.4 Å². The Bertz CT molecular complexity index is 1250. The van der Waals surface area contributed by atoms with E-state index in [4.69, 9.17) is 28.2 Å². The van der Waals surface area contributed by atoms with E-state index in [2.05, 4.69) is 10.3 Å². The molecule has 1 N–H and O–H groups in total. The van der Waals surface area contributed by atoms with Crippen molar-refractivity contribution in [2.75, 3.05) is 5.32 Å². The minimum Gasteiger partial charge on any atom is -0.307 e. The molecule has 0 saturated carbocycles. The summed E-state index contributed by atoms with van der Waals surface area (Å²) in [4.78, 5) is 22.3. The van der Waals surface area contributed by atoms with E-state index in [1.807, 2.05) is 56.3 Å². The molecule has 0 fully saturated rings. The monoisotopic (exact) mass is 421 g/mol. The summed E-state index contributed by atoms with van der Waals surface area (Å²) in [5.41, 5.74) is 4.37. The molecule has 4 aromatic rings. The van der Waals surface area contributed by atoms with Crippen molar-refractivity contribution < 1.29 is 4.79 Å². The number of aryl methyl sites for hydroxylation is 1. The summed E-state index contributed by atoms with van der Waals surface area (Å²) in [6.07, 6.45) is 1.67. The molecule has 144 valence electrons. The van der Waals surface area contributed by atoms with E-state index in [9.17, 15) is 4.79 Å². The molecule has 0 saturated heterocycles. The SMILES string of the molecule is Cc1ccnc(NC(=O)c2c(C)c(-c3ccc(Cl)cc3Cl)nc3ccccc23)c1. The topological polar surface area (TPSA) is 54.9 Å². The van der Waals surface area contributed by atoms with E-state index >= 15 is 0 Å². The third-order valence-electron chi connectivity index (χ3n) is 4.71. The van der Waals surface area contributed by atoms with Gasteiger partial charge in [-0.1, -0.05) is 41.4 Å². The third kappa shape index (κ3) is 3.82. The summed E-state index contributed by atoms with van der Waals surface area (Å²) in [5, 5.41) is 4.69. The number of benzene rings is 2. The van der Waals surface area contributed by atoms with Gasteiger partial charge in [-0.15, -0.1) is 0 Å². The number of carbonyl (C=O) groups excluding carboxylic acids is 1. The van der Waals surface area contributed by atoms with E-state index in [0.717, 1.165) is 22.1 Å². The minimum atomic E-state index is -0.245. The Morgan fingerprint density at radius 1 is 1.00 bits per heavy atom. The number of hydrogen-bond donors (Lipinski definition) is 1. The fourth-order valence-electron chi connectivity index (χ4n) is 3.33. The molecule has 6 heteroatoms. The zero-order valence-corrected chi connectivity index (χ0v) is 17.3. The van der Waals surface area contributed by atoms with Gasteiger partial charge in [0.25, 0.3) is 5.91 Å². The van der Waals surface area contributed by atoms with Crippen molar-refractivity contribution in [3.63, 3.8) is 0 Å². The molecule has 0 aliphatic rings. The van der Waals surface area contributed by atoms with Crippen molar-refractivity contribution in [3.8, 4) is 11.3 Å². The number of amides is 1. The number of para-hydroxylation sites is 1. The second-order valence-electron chi connectivity index (χ2n) is 6.77. The molecule has 4 nitrogen and oxygen atoms in total. The molecule has 29 heavy (non-hydrogen) atoms. The van der Waals surface area contributed by atoms with Gasteiger partial charge in [0.15, 0.2) is 0 Å². The molecule has 1 amide bonds. The van der Waals surface area contributed by atoms with Gasteiger partial charge in [0.1, 0.15) is 5.82 Å². The lowest BCUT2D eigenvalue weighted by molar-refractivity contribution is 0.102. The number of nitrogens with zero attached hydrogens (tertiary/aromatic N) is 2. The number of rotatable bonds is 3. The fraction of sp³-hybridized carbons (Fsp3) is 0.0870. The van der Waals surface area contributed by atoms with Crippen LogP contribution in [-0.2, 0) is 0 Å². The van der Waals surface area contributed by atoms with Crippen LogP contribution < -0.4 is 5.32 Å². The normalized spacial score (nSPS) is 10.9. The van der Waals surface area contributed by atoms with E-state index in [1.165, 1.54) is 0 Å². The van der Waals surface area contributed by atoms with E-state index < -0.39 is 0 Å². The Balaban J connectivity index is 1.90. The first-order valence-corrected chi connectivity index (χ1v) is 9.78. The molecule has 0 atom stereocenters. The average molecular weight is 422 g/mol. The molecule has 0 unspecified atom stereocenters. The molecule has 2 heterocycles. The first-order valence-electron chi connectivity index (χ1n) is 9.03. The van der Waals surface area contributed by atoms with Crippen LogP contribution in [0.4, 0.5) is 5.82 Å².